The van der Waals surface area contributed by atoms with Crippen molar-refractivity contribution in [3.63, 3.8) is 0 Å². The van der Waals surface area contributed by atoms with E-state index in [9.17, 15) is 31.9 Å². The van der Waals surface area contributed by atoms with E-state index in [-0.39, 0.29) is 24.6 Å². The highest BCUT2D eigenvalue weighted by atomic mass is 19.4. The van der Waals surface area contributed by atoms with E-state index in [1.165, 1.54) is 35.2 Å². The lowest BCUT2D eigenvalue weighted by atomic mass is 9.80. The van der Waals surface area contributed by atoms with Crippen LogP contribution in [0.5, 0.6) is 0 Å². The van der Waals surface area contributed by atoms with Crippen molar-refractivity contribution in [2.75, 3.05) is 11.4 Å². The molecule has 0 bridgehead atoms. The minimum absolute atomic E-state index is 0.0178. The van der Waals surface area contributed by atoms with Gasteiger partial charge < -0.3 is 10.6 Å². The van der Waals surface area contributed by atoms with Gasteiger partial charge in [0.1, 0.15) is 17.7 Å². The van der Waals surface area contributed by atoms with Gasteiger partial charge in [-0.3, -0.25) is 19.3 Å². The number of halogens is 4. The van der Waals surface area contributed by atoms with Gasteiger partial charge in [0.15, 0.2) is 0 Å². The molecule has 8 nitrogen and oxygen atoms in total. The average molecular weight is 646 g/mol. The zero-order valence-corrected chi connectivity index (χ0v) is 25.4. The van der Waals surface area contributed by atoms with Gasteiger partial charge in [0.05, 0.1) is 23.5 Å². The zero-order valence-electron chi connectivity index (χ0n) is 25.4. The number of carbonyl (C=O) groups excluding carboxylic acids is 3. The van der Waals surface area contributed by atoms with Crippen LogP contribution in [-0.2, 0) is 22.3 Å². The minimum Gasteiger partial charge on any atom is -0.347 e. The molecule has 1 aromatic heterocycles. The summed E-state index contributed by atoms with van der Waals surface area (Å²) in [4.78, 5) is 42.4. The van der Waals surface area contributed by atoms with Crippen LogP contribution in [0.25, 0.3) is 5.69 Å². The Bertz CT molecular complexity index is 1850. The highest BCUT2D eigenvalue weighted by Gasteiger charge is 2.46. The van der Waals surface area contributed by atoms with E-state index >= 15 is 0 Å². The van der Waals surface area contributed by atoms with Crippen LogP contribution in [0.3, 0.4) is 0 Å². The van der Waals surface area contributed by atoms with Gasteiger partial charge in [0.2, 0.25) is 5.91 Å². The van der Waals surface area contributed by atoms with Gasteiger partial charge in [0, 0.05) is 29.2 Å². The fraction of sp³-hybridized carbons (Fsp3) is 0.257. The summed E-state index contributed by atoms with van der Waals surface area (Å²) in [7, 11) is 0. The maximum Gasteiger partial charge on any atom is 0.416 e. The quantitative estimate of drug-likeness (QED) is 0.228. The van der Waals surface area contributed by atoms with E-state index in [1.54, 1.807) is 11.6 Å². The molecule has 2 heterocycles. The standard InChI is InChI=1S/C35H31F4N5O3/c1-2-43-33-29(27(20-40-31(45)22-9-6-7-10-22)42-44(33)26-13-4-3-5-14-26)28(21-15-17-25(36)18-16-21)30(34(43)47)41-32(46)23-11-8-12-24(19-23)35(37,38)39/h3-5,8-9,11-19,28,30H,2,6-7,10,20H2,1H3,(H,40,45)(H,41,46)/t28-,30-/m0/s1. The third-order valence-electron chi connectivity index (χ3n) is 8.44. The molecule has 47 heavy (non-hydrogen) atoms. The first-order valence-corrected chi connectivity index (χ1v) is 15.3. The number of rotatable bonds is 8. The normalized spacial score (nSPS) is 17.7. The van der Waals surface area contributed by atoms with Crippen LogP contribution < -0.4 is 15.5 Å². The predicted octanol–water partition coefficient (Wildman–Crippen LogP) is 6.05. The molecule has 242 valence electrons. The molecule has 3 amide bonds. The fourth-order valence-electron chi connectivity index (χ4n) is 6.20. The van der Waals surface area contributed by atoms with Gasteiger partial charge in [-0.05, 0) is 74.2 Å². The highest BCUT2D eigenvalue weighted by Crippen LogP contribution is 2.44. The number of para-hydroxylation sites is 1. The van der Waals surface area contributed by atoms with E-state index < -0.39 is 41.3 Å². The Morgan fingerprint density at radius 1 is 0.979 bits per heavy atom. The maximum atomic E-state index is 14.3. The molecule has 0 unspecified atom stereocenters. The Morgan fingerprint density at radius 2 is 1.72 bits per heavy atom. The summed E-state index contributed by atoms with van der Waals surface area (Å²) in [5.41, 5.74) is 1.41. The molecule has 0 saturated heterocycles. The van der Waals surface area contributed by atoms with Crippen LogP contribution in [0.4, 0.5) is 23.4 Å². The van der Waals surface area contributed by atoms with Crippen molar-refractivity contribution >= 4 is 23.5 Å². The van der Waals surface area contributed by atoms with Crippen molar-refractivity contribution in [2.24, 2.45) is 0 Å². The number of aromatic nitrogens is 2. The molecule has 3 aromatic carbocycles. The van der Waals surface area contributed by atoms with Crippen molar-refractivity contribution in [1.29, 1.82) is 0 Å². The summed E-state index contributed by atoms with van der Waals surface area (Å²) in [5, 5.41) is 10.5. The second-order valence-electron chi connectivity index (χ2n) is 11.4. The van der Waals surface area contributed by atoms with Gasteiger partial charge in [0.25, 0.3) is 11.8 Å². The molecule has 4 aromatic rings. The number of carbonyl (C=O) groups is 3. The molecule has 1 aliphatic carbocycles. The summed E-state index contributed by atoms with van der Waals surface area (Å²) in [6, 6.07) is 17.2. The number of nitrogens with zero attached hydrogens (tertiary/aromatic N) is 3. The summed E-state index contributed by atoms with van der Waals surface area (Å²) in [6.07, 6.45) is -0.433. The second-order valence-corrected chi connectivity index (χ2v) is 11.4. The van der Waals surface area contributed by atoms with Gasteiger partial charge >= 0.3 is 6.18 Å². The molecule has 2 atom stereocenters. The lowest BCUT2D eigenvalue weighted by molar-refractivity contribution is -0.137. The molecule has 0 spiro atoms. The van der Waals surface area contributed by atoms with Crippen molar-refractivity contribution in [3.8, 4) is 5.69 Å². The minimum atomic E-state index is -4.68. The topological polar surface area (TPSA) is 96.3 Å². The number of allylic oxidation sites excluding steroid dienone is 1. The van der Waals surface area contributed by atoms with E-state index in [0.717, 1.165) is 31.0 Å². The SMILES string of the molecule is CCN1C(=O)[C@@H](NC(=O)c2cccc(C(F)(F)F)c2)[C@@H](c2ccc(F)cc2)c2c(CNC(=O)C3=CCCC3)nn(-c3ccccc3)c21. The number of hydrogen-bond acceptors (Lipinski definition) is 4. The highest BCUT2D eigenvalue weighted by molar-refractivity contribution is 6.05. The number of alkyl halides is 3. The first-order chi connectivity index (χ1) is 22.6. The number of benzene rings is 3. The summed E-state index contributed by atoms with van der Waals surface area (Å²) >= 11 is 0. The van der Waals surface area contributed by atoms with E-state index in [1.807, 2.05) is 36.4 Å². The third-order valence-corrected chi connectivity index (χ3v) is 8.44. The van der Waals surface area contributed by atoms with Gasteiger partial charge in [-0.25, -0.2) is 9.07 Å². The number of anilines is 1. The molecular formula is C35H31F4N5O3. The molecule has 2 aliphatic rings. The Morgan fingerprint density at radius 3 is 2.38 bits per heavy atom. The van der Waals surface area contributed by atoms with Crippen molar-refractivity contribution in [2.45, 2.75) is 50.9 Å². The van der Waals surface area contributed by atoms with E-state index in [4.69, 9.17) is 5.10 Å². The van der Waals surface area contributed by atoms with Crippen LogP contribution in [-0.4, -0.2) is 40.1 Å². The zero-order chi connectivity index (χ0) is 33.3. The largest absolute Gasteiger partial charge is 0.416 e. The Kier molecular flexibility index (Phi) is 8.67. The molecular weight excluding hydrogens is 614 g/mol. The predicted molar refractivity (Wildman–Crippen MR) is 166 cm³/mol. The van der Waals surface area contributed by atoms with E-state index in [2.05, 4.69) is 10.6 Å². The van der Waals surface area contributed by atoms with E-state index in [0.29, 0.717) is 40.3 Å². The van der Waals surface area contributed by atoms with Crippen LogP contribution in [0.1, 0.15) is 64.8 Å². The Labute approximate surface area is 268 Å². The average Bonchev–Trinajstić information content (AvgIpc) is 3.74. The van der Waals surface area contributed by atoms with Gasteiger partial charge in [-0.1, -0.05) is 42.5 Å². The smallest absolute Gasteiger partial charge is 0.347 e. The molecule has 2 N–H and O–H groups in total. The summed E-state index contributed by atoms with van der Waals surface area (Å²) in [5.74, 6) is -2.71. The number of hydrogen-bond donors (Lipinski definition) is 2. The number of amides is 3. The molecule has 0 saturated carbocycles. The maximum absolute atomic E-state index is 14.3. The van der Waals surface area contributed by atoms with Gasteiger partial charge in [-0.15, -0.1) is 0 Å². The second kappa shape index (κ2) is 12.9. The van der Waals surface area contributed by atoms with Crippen LogP contribution in [0.15, 0.2) is 90.5 Å². The molecule has 12 heteroatoms. The van der Waals surface area contributed by atoms with Crippen molar-refractivity contribution in [3.05, 3.63) is 124 Å². The van der Waals surface area contributed by atoms with Crippen LogP contribution in [0, 0.1) is 5.82 Å². The van der Waals surface area contributed by atoms with Gasteiger partial charge in [-0.2, -0.15) is 18.3 Å². The molecule has 0 fully saturated rings. The lowest BCUT2D eigenvalue weighted by Crippen LogP contribution is -2.55. The number of nitrogens with one attached hydrogen (secondary N) is 2. The third kappa shape index (κ3) is 6.27. The number of likely N-dealkylation sites (N-methyl/N-ethyl adjacent to an activating group) is 1. The van der Waals surface area contributed by atoms with Crippen LogP contribution >= 0.6 is 0 Å². The Hall–Kier alpha value is -5.26. The summed E-state index contributed by atoms with van der Waals surface area (Å²) in [6.45, 7) is 1.90. The molecule has 1 aliphatic heterocycles. The first kappa shape index (κ1) is 31.7. The fourth-order valence-corrected chi connectivity index (χ4v) is 6.20. The lowest BCUT2D eigenvalue weighted by Gasteiger charge is -2.38. The molecule has 6 rings (SSSR count). The first-order valence-electron chi connectivity index (χ1n) is 15.3. The Balaban J connectivity index is 1.50. The summed E-state index contributed by atoms with van der Waals surface area (Å²) < 4.78 is 56.2. The number of fused-ring (bicyclic) bond motifs is 1. The van der Waals surface area contributed by atoms with Crippen molar-refractivity contribution in [1.82, 2.24) is 20.4 Å². The van der Waals surface area contributed by atoms with Crippen LogP contribution in [0.2, 0.25) is 0 Å². The molecule has 0 radical (unpaired) electrons. The monoisotopic (exact) mass is 645 g/mol. The van der Waals surface area contributed by atoms with Crippen molar-refractivity contribution < 1.29 is 31.9 Å².